The standard InChI is InChI=1S/C12H12N2O2/c1-16-12(15)8-2-5-10-11(6-8)14(7-13-10)9-3-4-9/h2,5-7,9H,3-4H2,1H3. The van der Waals surface area contributed by atoms with E-state index in [0.717, 1.165) is 11.0 Å². The summed E-state index contributed by atoms with van der Waals surface area (Å²) < 4.78 is 6.85. The Labute approximate surface area is 92.8 Å². The van der Waals surface area contributed by atoms with Crippen molar-refractivity contribution in [2.75, 3.05) is 7.11 Å². The summed E-state index contributed by atoms with van der Waals surface area (Å²) in [5.41, 5.74) is 2.53. The number of carbonyl (C=O) groups excluding carboxylic acids is 1. The predicted octanol–water partition coefficient (Wildman–Crippen LogP) is 2.16. The molecule has 1 aromatic carbocycles. The molecule has 0 atom stereocenters. The number of imidazole rings is 1. The van der Waals surface area contributed by atoms with Gasteiger partial charge in [0, 0.05) is 6.04 Å². The first-order valence-corrected chi connectivity index (χ1v) is 5.34. The fraction of sp³-hybridized carbons (Fsp3) is 0.333. The van der Waals surface area contributed by atoms with Crippen molar-refractivity contribution < 1.29 is 9.53 Å². The van der Waals surface area contributed by atoms with Gasteiger partial charge in [0.05, 0.1) is 30.0 Å². The Hall–Kier alpha value is -1.84. The molecule has 1 aliphatic rings. The summed E-state index contributed by atoms with van der Waals surface area (Å²) in [4.78, 5) is 15.7. The summed E-state index contributed by atoms with van der Waals surface area (Å²) in [5, 5.41) is 0. The lowest BCUT2D eigenvalue weighted by Crippen LogP contribution is -2.01. The van der Waals surface area contributed by atoms with Gasteiger partial charge in [0.1, 0.15) is 0 Å². The molecule has 82 valence electrons. The van der Waals surface area contributed by atoms with Gasteiger partial charge in [-0.1, -0.05) is 0 Å². The van der Waals surface area contributed by atoms with Crippen molar-refractivity contribution in [3.63, 3.8) is 0 Å². The second kappa shape index (κ2) is 3.33. The lowest BCUT2D eigenvalue weighted by Gasteiger charge is -2.02. The number of rotatable bonds is 2. The first-order chi connectivity index (χ1) is 7.79. The van der Waals surface area contributed by atoms with E-state index in [9.17, 15) is 4.79 Å². The Bertz CT molecular complexity index is 555. The zero-order chi connectivity index (χ0) is 11.1. The van der Waals surface area contributed by atoms with Crippen molar-refractivity contribution in [1.29, 1.82) is 0 Å². The lowest BCUT2D eigenvalue weighted by molar-refractivity contribution is 0.0601. The molecule has 0 radical (unpaired) electrons. The summed E-state index contributed by atoms with van der Waals surface area (Å²) in [6, 6.07) is 6.03. The molecule has 16 heavy (non-hydrogen) atoms. The minimum Gasteiger partial charge on any atom is -0.465 e. The topological polar surface area (TPSA) is 44.1 Å². The van der Waals surface area contributed by atoms with Crippen molar-refractivity contribution in [1.82, 2.24) is 9.55 Å². The molecule has 0 aliphatic heterocycles. The largest absolute Gasteiger partial charge is 0.465 e. The van der Waals surface area contributed by atoms with Crippen molar-refractivity contribution in [2.24, 2.45) is 0 Å². The Kier molecular flexibility index (Phi) is 1.96. The molecule has 1 saturated carbocycles. The molecule has 0 spiro atoms. The number of carbonyl (C=O) groups is 1. The average molecular weight is 216 g/mol. The van der Waals surface area contributed by atoms with Crippen LogP contribution in [-0.2, 0) is 4.74 Å². The third kappa shape index (κ3) is 1.38. The molecule has 0 unspecified atom stereocenters. The SMILES string of the molecule is COC(=O)c1ccc2ncn(C3CC3)c2c1. The molecule has 1 aliphatic carbocycles. The molecule has 1 heterocycles. The molecule has 0 N–H and O–H groups in total. The van der Waals surface area contributed by atoms with Gasteiger partial charge in [0.2, 0.25) is 0 Å². The highest BCUT2D eigenvalue weighted by atomic mass is 16.5. The second-order valence-electron chi connectivity index (χ2n) is 4.08. The highest BCUT2D eigenvalue weighted by Crippen LogP contribution is 2.37. The van der Waals surface area contributed by atoms with Gasteiger partial charge >= 0.3 is 5.97 Å². The Morgan fingerprint density at radius 1 is 1.50 bits per heavy atom. The monoisotopic (exact) mass is 216 g/mol. The van der Waals surface area contributed by atoms with E-state index in [1.807, 2.05) is 18.5 Å². The summed E-state index contributed by atoms with van der Waals surface area (Å²) in [6.45, 7) is 0. The summed E-state index contributed by atoms with van der Waals surface area (Å²) >= 11 is 0. The van der Waals surface area contributed by atoms with E-state index in [0.29, 0.717) is 11.6 Å². The smallest absolute Gasteiger partial charge is 0.337 e. The second-order valence-corrected chi connectivity index (χ2v) is 4.08. The number of nitrogens with zero attached hydrogens (tertiary/aromatic N) is 2. The zero-order valence-electron chi connectivity index (χ0n) is 9.01. The third-order valence-electron chi connectivity index (χ3n) is 2.94. The number of hydrogen-bond acceptors (Lipinski definition) is 3. The quantitative estimate of drug-likeness (QED) is 0.722. The van der Waals surface area contributed by atoms with Crippen molar-refractivity contribution >= 4 is 17.0 Å². The van der Waals surface area contributed by atoms with Gasteiger partial charge in [-0.2, -0.15) is 0 Å². The first-order valence-electron chi connectivity index (χ1n) is 5.34. The maximum absolute atomic E-state index is 11.4. The zero-order valence-corrected chi connectivity index (χ0v) is 9.01. The predicted molar refractivity (Wildman–Crippen MR) is 59.3 cm³/mol. The molecule has 4 nitrogen and oxygen atoms in total. The highest BCUT2D eigenvalue weighted by molar-refractivity contribution is 5.93. The lowest BCUT2D eigenvalue weighted by atomic mass is 10.2. The van der Waals surface area contributed by atoms with Crippen LogP contribution >= 0.6 is 0 Å². The Morgan fingerprint density at radius 3 is 3.00 bits per heavy atom. The minimum atomic E-state index is -0.301. The van der Waals surface area contributed by atoms with Gasteiger partial charge in [-0.25, -0.2) is 9.78 Å². The summed E-state index contributed by atoms with van der Waals surface area (Å²) in [6.07, 6.45) is 4.26. The van der Waals surface area contributed by atoms with Gasteiger partial charge in [-0.05, 0) is 31.0 Å². The Balaban J connectivity index is 2.13. The van der Waals surface area contributed by atoms with E-state index in [1.165, 1.54) is 20.0 Å². The molecule has 0 bridgehead atoms. The van der Waals surface area contributed by atoms with Crippen LogP contribution in [-0.4, -0.2) is 22.6 Å². The van der Waals surface area contributed by atoms with Gasteiger partial charge in [0.15, 0.2) is 0 Å². The number of benzene rings is 1. The number of fused-ring (bicyclic) bond motifs is 1. The molecule has 1 fully saturated rings. The van der Waals surface area contributed by atoms with Crippen molar-refractivity contribution in [3.05, 3.63) is 30.1 Å². The summed E-state index contributed by atoms with van der Waals surface area (Å²) in [7, 11) is 1.39. The van der Waals surface area contributed by atoms with E-state index in [-0.39, 0.29) is 5.97 Å². The van der Waals surface area contributed by atoms with Crippen LogP contribution in [0.5, 0.6) is 0 Å². The van der Waals surface area contributed by atoms with Crippen LogP contribution in [0.15, 0.2) is 24.5 Å². The van der Waals surface area contributed by atoms with Crippen LogP contribution < -0.4 is 0 Å². The average Bonchev–Trinajstić information content (AvgIpc) is 3.08. The van der Waals surface area contributed by atoms with Crippen molar-refractivity contribution in [3.8, 4) is 0 Å². The van der Waals surface area contributed by atoms with E-state index < -0.39 is 0 Å². The third-order valence-corrected chi connectivity index (χ3v) is 2.94. The molecular weight excluding hydrogens is 204 g/mol. The fourth-order valence-corrected chi connectivity index (χ4v) is 1.91. The van der Waals surface area contributed by atoms with Crippen molar-refractivity contribution in [2.45, 2.75) is 18.9 Å². The van der Waals surface area contributed by atoms with E-state index in [2.05, 4.69) is 9.55 Å². The van der Waals surface area contributed by atoms with Gasteiger partial charge in [-0.3, -0.25) is 0 Å². The Morgan fingerprint density at radius 2 is 2.31 bits per heavy atom. The molecule has 0 saturated heterocycles. The number of esters is 1. The van der Waals surface area contributed by atoms with Gasteiger partial charge in [0.25, 0.3) is 0 Å². The van der Waals surface area contributed by atoms with Crippen LogP contribution in [0.1, 0.15) is 29.2 Å². The molecule has 0 amide bonds. The maximum atomic E-state index is 11.4. The first kappa shape index (κ1) is 9.39. The maximum Gasteiger partial charge on any atom is 0.337 e. The molecule has 2 aromatic rings. The van der Waals surface area contributed by atoms with Crippen LogP contribution in [0.2, 0.25) is 0 Å². The van der Waals surface area contributed by atoms with Crippen LogP contribution in [0, 0.1) is 0 Å². The highest BCUT2D eigenvalue weighted by Gasteiger charge is 2.25. The van der Waals surface area contributed by atoms with Crippen LogP contribution in [0.25, 0.3) is 11.0 Å². The molecule has 4 heteroatoms. The molecule has 1 aromatic heterocycles. The van der Waals surface area contributed by atoms with E-state index in [4.69, 9.17) is 4.74 Å². The summed E-state index contributed by atoms with van der Waals surface area (Å²) in [5.74, 6) is -0.301. The molecule has 3 rings (SSSR count). The number of ether oxygens (including phenoxy) is 1. The number of methoxy groups -OCH3 is 1. The fourth-order valence-electron chi connectivity index (χ4n) is 1.91. The van der Waals surface area contributed by atoms with E-state index >= 15 is 0 Å². The number of aromatic nitrogens is 2. The van der Waals surface area contributed by atoms with Gasteiger partial charge < -0.3 is 9.30 Å². The normalized spacial score (nSPS) is 15.3. The number of hydrogen-bond donors (Lipinski definition) is 0. The molecular formula is C12H12N2O2. The van der Waals surface area contributed by atoms with Crippen LogP contribution in [0.3, 0.4) is 0 Å². The van der Waals surface area contributed by atoms with Gasteiger partial charge in [-0.15, -0.1) is 0 Å². The van der Waals surface area contributed by atoms with E-state index in [1.54, 1.807) is 6.07 Å². The minimum absolute atomic E-state index is 0.301. The van der Waals surface area contributed by atoms with Crippen LogP contribution in [0.4, 0.5) is 0 Å².